The lowest BCUT2D eigenvalue weighted by molar-refractivity contribution is -0.138. The Bertz CT molecular complexity index is 325. The summed E-state index contributed by atoms with van der Waals surface area (Å²) in [5.41, 5.74) is 0. The first kappa shape index (κ1) is 10.5. The lowest BCUT2D eigenvalue weighted by atomic mass is 10.2. The van der Waals surface area contributed by atoms with Crippen molar-refractivity contribution in [3.63, 3.8) is 0 Å². The lowest BCUT2D eigenvalue weighted by Crippen LogP contribution is -2.27. The topological polar surface area (TPSA) is 78.9 Å². The maximum atomic E-state index is 10.7. The summed E-state index contributed by atoms with van der Waals surface area (Å²) in [5, 5.41) is 15.6. The molecule has 1 heterocycles. The van der Waals surface area contributed by atoms with Gasteiger partial charge in [0.15, 0.2) is 4.73 Å². The number of halogens is 1. The molecule has 0 aliphatic carbocycles. The van der Waals surface area contributed by atoms with Crippen LogP contribution < -0.4 is 0 Å². The van der Waals surface area contributed by atoms with Crippen LogP contribution in [0.15, 0.2) is 9.89 Å². The van der Waals surface area contributed by atoms with Crippen LogP contribution in [-0.2, 0) is 4.79 Å². The van der Waals surface area contributed by atoms with E-state index in [1.54, 1.807) is 13.8 Å². The van der Waals surface area contributed by atoms with E-state index >= 15 is 0 Å². The van der Waals surface area contributed by atoms with Gasteiger partial charge >= 0.3 is 5.97 Å². The second kappa shape index (κ2) is 3.67. The number of nitrogens with zero attached hydrogens (tertiary/aromatic N) is 2. The molecule has 5 nitrogen and oxygen atoms in total. The molecule has 0 fully saturated rings. The summed E-state index contributed by atoms with van der Waals surface area (Å²) < 4.78 is -0.419. The molecule has 72 valence electrons. The molecule has 0 saturated carbocycles. The molecule has 0 aliphatic rings. The summed E-state index contributed by atoms with van der Waals surface area (Å²) in [6.45, 7) is 3.20. The van der Waals surface area contributed by atoms with Crippen molar-refractivity contribution in [2.24, 2.45) is 0 Å². The number of hydrogen-bond donors (Lipinski definition) is 2. The van der Waals surface area contributed by atoms with Crippen molar-refractivity contribution in [3.05, 3.63) is 4.73 Å². The lowest BCUT2D eigenvalue weighted by Gasteiger charge is -2.15. The van der Waals surface area contributed by atoms with Crippen molar-refractivity contribution in [1.29, 1.82) is 0 Å². The van der Waals surface area contributed by atoms with Gasteiger partial charge in [0, 0.05) is 0 Å². The molecule has 13 heavy (non-hydrogen) atoms. The smallest absolute Gasteiger partial charge is 0.319 e. The molecule has 1 aromatic heterocycles. The maximum absolute atomic E-state index is 10.7. The van der Waals surface area contributed by atoms with E-state index in [4.69, 9.17) is 5.11 Å². The SMILES string of the molecule is CC(C)(Sc1n[nH]c(Br)n1)C(=O)O. The molecule has 0 amide bonds. The van der Waals surface area contributed by atoms with Gasteiger partial charge in [0.1, 0.15) is 4.75 Å². The van der Waals surface area contributed by atoms with E-state index in [2.05, 4.69) is 31.1 Å². The molecule has 1 rings (SSSR count). The molecule has 0 radical (unpaired) electrons. The predicted octanol–water partition coefficient (Wildman–Crippen LogP) is 1.52. The number of aromatic amines is 1. The third-order valence-electron chi connectivity index (χ3n) is 1.30. The third kappa shape index (κ3) is 2.70. The third-order valence-corrected chi connectivity index (χ3v) is 2.70. The van der Waals surface area contributed by atoms with Crippen molar-refractivity contribution < 1.29 is 9.90 Å². The van der Waals surface area contributed by atoms with E-state index in [-0.39, 0.29) is 0 Å². The van der Waals surface area contributed by atoms with Crippen LogP contribution in [0.3, 0.4) is 0 Å². The summed E-state index contributed by atoms with van der Waals surface area (Å²) >= 11 is 4.18. The fourth-order valence-electron chi connectivity index (χ4n) is 0.545. The van der Waals surface area contributed by atoms with Crippen LogP contribution in [0, 0.1) is 0 Å². The average molecular weight is 266 g/mol. The number of nitrogens with one attached hydrogen (secondary N) is 1. The summed E-state index contributed by atoms with van der Waals surface area (Å²) in [6, 6.07) is 0. The summed E-state index contributed by atoms with van der Waals surface area (Å²) in [7, 11) is 0. The zero-order valence-electron chi connectivity index (χ0n) is 7.04. The zero-order valence-corrected chi connectivity index (χ0v) is 9.44. The molecule has 2 N–H and O–H groups in total. The maximum Gasteiger partial charge on any atom is 0.319 e. The van der Waals surface area contributed by atoms with Crippen LogP contribution in [0.1, 0.15) is 13.8 Å². The van der Waals surface area contributed by atoms with E-state index < -0.39 is 10.7 Å². The molecule has 7 heteroatoms. The Balaban J connectivity index is 2.74. The van der Waals surface area contributed by atoms with Crippen LogP contribution in [0.5, 0.6) is 0 Å². The highest BCUT2D eigenvalue weighted by atomic mass is 79.9. The van der Waals surface area contributed by atoms with Gasteiger partial charge in [-0.2, -0.15) is 4.98 Å². The Morgan fingerprint density at radius 2 is 2.31 bits per heavy atom. The van der Waals surface area contributed by atoms with Crippen molar-refractivity contribution in [3.8, 4) is 0 Å². The van der Waals surface area contributed by atoms with Gasteiger partial charge in [-0.25, -0.2) is 0 Å². The van der Waals surface area contributed by atoms with Crippen molar-refractivity contribution in [2.45, 2.75) is 23.8 Å². The van der Waals surface area contributed by atoms with Crippen molar-refractivity contribution in [1.82, 2.24) is 15.2 Å². The minimum Gasteiger partial charge on any atom is -0.480 e. The Labute approximate surface area is 87.5 Å². The Morgan fingerprint density at radius 1 is 1.69 bits per heavy atom. The normalized spacial score (nSPS) is 11.6. The number of aromatic nitrogens is 3. The second-order valence-corrected chi connectivity index (χ2v) is 5.17. The Morgan fingerprint density at radius 3 is 2.69 bits per heavy atom. The van der Waals surface area contributed by atoms with Crippen molar-refractivity contribution in [2.75, 3.05) is 0 Å². The molecule has 0 aliphatic heterocycles. The van der Waals surface area contributed by atoms with Gasteiger partial charge in [0.25, 0.3) is 0 Å². The van der Waals surface area contributed by atoms with E-state index in [9.17, 15) is 4.79 Å². The first-order valence-electron chi connectivity index (χ1n) is 3.42. The molecule has 0 saturated heterocycles. The van der Waals surface area contributed by atoms with Crippen LogP contribution in [0.4, 0.5) is 0 Å². The Kier molecular flexibility index (Phi) is 2.97. The first-order valence-corrected chi connectivity index (χ1v) is 5.03. The molecule has 0 spiro atoms. The van der Waals surface area contributed by atoms with Crippen LogP contribution >= 0.6 is 27.7 Å². The molecular formula is C6H8BrN3O2S. The minimum absolute atomic E-state index is 0.416. The number of rotatable bonds is 3. The van der Waals surface area contributed by atoms with Gasteiger partial charge in [-0.15, -0.1) is 5.10 Å². The van der Waals surface area contributed by atoms with E-state index in [0.717, 1.165) is 11.8 Å². The van der Waals surface area contributed by atoms with E-state index in [1.165, 1.54) is 0 Å². The van der Waals surface area contributed by atoms with E-state index in [0.29, 0.717) is 9.89 Å². The molecule has 0 bridgehead atoms. The zero-order chi connectivity index (χ0) is 10.1. The van der Waals surface area contributed by atoms with Crippen LogP contribution in [0.2, 0.25) is 0 Å². The highest BCUT2D eigenvalue weighted by Gasteiger charge is 2.30. The van der Waals surface area contributed by atoms with E-state index in [1.807, 2.05) is 0 Å². The largest absolute Gasteiger partial charge is 0.480 e. The van der Waals surface area contributed by atoms with Crippen molar-refractivity contribution >= 4 is 33.7 Å². The first-order chi connectivity index (χ1) is 5.92. The van der Waals surface area contributed by atoms with Crippen LogP contribution in [-0.4, -0.2) is 31.0 Å². The number of hydrogen-bond acceptors (Lipinski definition) is 4. The Hall–Kier alpha value is -0.560. The summed E-state index contributed by atoms with van der Waals surface area (Å²) in [6.07, 6.45) is 0. The molecule has 1 aromatic rings. The second-order valence-electron chi connectivity index (χ2n) is 2.83. The quantitative estimate of drug-likeness (QED) is 0.811. The average Bonchev–Trinajstić information content (AvgIpc) is 2.34. The van der Waals surface area contributed by atoms with Gasteiger partial charge in [-0.1, -0.05) is 11.8 Å². The van der Waals surface area contributed by atoms with Crippen LogP contribution in [0.25, 0.3) is 0 Å². The van der Waals surface area contributed by atoms with Gasteiger partial charge in [0.2, 0.25) is 5.16 Å². The van der Waals surface area contributed by atoms with Gasteiger partial charge in [0.05, 0.1) is 0 Å². The number of carbonyl (C=O) groups is 1. The highest BCUT2D eigenvalue weighted by Crippen LogP contribution is 2.30. The number of carboxylic acids is 1. The highest BCUT2D eigenvalue weighted by molar-refractivity contribution is 9.10. The molecule has 0 atom stereocenters. The monoisotopic (exact) mass is 265 g/mol. The fraction of sp³-hybridized carbons (Fsp3) is 0.500. The number of thioether (sulfide) groups is 1. The summed E-state index contributed by atoms with van der Waals surface area (Å²) in [5.74, 6) is -0.890. The fourth-order valence-corrected chi connectivity index (χ4v) is 1.69. The molecule has 0 unspecified atom stereocenters. The minimum atomic E-state index is -0.915. The number of H-pyrrole nitrogens is 1. The number of carboxylic acid groups (broad SMARTS) is 1. The van der Waals surface area contributed by atoms with Gasteiger partial charge in [-0.05, 0) is 29.8 Å². The van der Waals surface area contributed by atoms with Gasteiger partial charge in [-0.3, -0.25) is 9.89 Å². The summed E-state index contributed by atoms with van der Waals surface area (Å²) in [4.78, 5) is 14.7. The molecule has 0 aromatic carbocycles. The van der Waals surface area contributed by atoms with Gasteiger partial charge < -0.3 is 5.11 Å². The molecular weight excluding hydrogens is 258 g/mol. The standard InChI is InChI=1S/C6H8BrN3O2S/c1-6(2,3(11)12)13-5-8-4(7)9-10-5/h1-2H3,(H,11,12)(H,8,9,10). The number of aliphatic carboxylic acids is 1. The predicted molar refractivity (Wildman–Crippen MR) is 51.7 cm³/mol.